The molecule has 2 N–H and O–H groups in total. The molecule has 14 heavy (non-hydrogen) atoms. The van der Waals surface area contributed by atoms with Gasteiger partial charge in [-0.15, -0.1) is 0 Å². The second kappa shape index (κ2) is 5.02. The summed E-state index contributed by atoms with van der Waals surface area (Å²) in [4.78, 5) is 0. The Morgan fingerprint density at radius 3 is 2.64 bits per heavy atom. The highest BCUT2D eigenvalue weighted by molar-refractivity contribution is 5.27. The summed E-state index contributed by atoms with van der Waals surface area (Å²) in [5.41, 5.74) is 5.70. The molecule has 0 bridgehead atoms. The molecule has 0 amide bonds. The van der Waals surface area contributed by atoms with E-state index < -0.39 is 11.6 Å². The molecule has 1 aromatic rings. The van der Waals surface area contributed by atoms with Gasteiger partial charge in [0.05, 0.1) is 6.61 Å². The summed E-state index contributed by atoms with van der Waals surface area (Å²) in [6.07, 6.45) is 0.406. The van der Waals surface area contributed by atoms with Gasteiger partial charge < -0.3 is 10.5 Å². The minimum Gasteiger partial charge on any atom is -0.380 e. The van der Waals surface area contributed by atoms with E-state index in [9.17, 15) is 8.78 Å². The van der Waals surface area contributed by atoms with Gasteiger partial charge in [0.15, 0.2) is 0 Å². The van der Waals surface area contributed by atoms with Gasteiger partial charge >= 0.3 is 0 Å². The van der Waals surface area contributed by atoms with Gasteiger partial charge in [0.2, 0.25) is 0 Å². The second-order valence-electron chi connectivity index (χ2n) is 2.97. The number of rotatable bonds is 4. The van der Waals surface area contributed by atoms with Crippen LogP contribution in [0.5, 0.6) is 0 Å². The molecule has 0 fully saturated rings. The second-order valence-corrected chi connectivity index (χ2v) is 2.97. The van der Waals surface area contributed by atoms with Crippen LogP contribution in [0.15, 0.2) is 12.1 Å². The maximum atomic E-state index is 13.5. The van der Waals surface area contributed by atoms with Gasteiger partial charge in [0.25, 0.3) is 0 Å². The van der Waals surface area contributed by atoms with Gasteiger partial charge in [-0.3, -0.25) is 0 Å². The molecule has 0 aliphatic rings. The van der Waals surface area contributed by atoms with Crippen molar-refractivity contribution < 1.29 is 13.5 Å². The lowest BCUT2D eigenvalue weighted by Crippen LogP contribution is -2.07. The number of hydrogen-bond acceptors (Lipinski definition) is 2. The van der Waals surface area contributed by atoms with Gasteiger partial charge in [-0.05, 0) is 24.6 Å². The molecule has 1 rings (SSSR count). The van der Waals surface area contributed by atoms with Crippen molar-refractivity contribution in [2.24, 2.45) is 5.73 Å². The Bertz CT molecular complexity index is 315. The van der Waals surface area contributed by atoms with Crippen LogP contribution < -0.4 is 5.73 Å². The monoisotopic (exact) mass is 201 g/mol. The fraction of sp³-hybridized carbons (Fsp3) is 0.400. The maximum absolute atomic E-state index is 13.5. The molecule has 0 spiro atoms. The van der Waals surface area contributed by atoms with E-state index in [2.05, 4.69) is 0 Å². The largest absolute Gasteiger partial charge is 0.380 e. The highest BCUT2D eigenvalue weighted by Gasteiger charge is 2.12. The van der Waals surface area contributed by atoms with E-state index in [1.165, 1.54) is 19.2 Å². The first kappa shape index (κ1) is 11.1. The van der Waals surface area contributed by atoms with Crippen molar-refractivity contribution in [3.8, 4) is 0 Å². The van der Waals surface area contributed by atoms with Gasteiger partial charge in [0, 0.05) is 12.7 Å². The van der Waals surface area contributed by atoms with Crippen LogP contribution in [-0.4, -0.2) is 13.7 Å². The van der Waals surface area contributed by atoms with Crippen LogP contribution in [-0.2, 0) is 17.8 Å². The van der Waals surface area contributed by atoms with Crippen molar-refractivity contribution in [2.75, 3.05) is 13.7 Å². The Balaban J connectivity index is 3.05. The lowest BCUT2D eigenvalue weighted by molar-refractivity contribution is 0.177. The summed E-state index contributed by atoms with van der Waals surface area (Å²) in [6, 6.07) is 2.65. The molecule has 1 aromatic carbocycles. The third-order valence-electron chi connectivity index (χ3n) is 1.97. The molecular formula is C10H13F2NO. The van der Waals surface area contributed by atoms with E-state index in [1.54, 1.807) is 0 Å². The van der Waals surface area contributed by atoms with Crippen molar-refractivity contribution in [1.29, 1.82) is 0 Å². The van der Waals surface area contributed by atoms with Crippen LogP contribution in [0.3, 0.4) is 0 Å². The highest BCUT2D eigenvalue weighted by atomic mass is 19.1. The molecular weight excluding hydrogens is 188 g/mol. The number of nitrogens with two attached hydrogens (primary N) is 1. The van der Waals surface area contributed by atoms with Crippen LogP contribution in [0, 0.1) is 11.6 Å². The van der Waals surface area contributed by atoms with Crippen LogP contribution in [0.1, 0.15) is 11.1 Å². The Morgan fingerprint density at radius 2 is 2.07 bits per heavy atom. The normalized spacial score (nSPS) is 10.6. The van der Waals surface area contributed by atoms with Gasteiger partial charge in [-0.2, -0.15) is 0 Å². The van der Waals surface area contributed by atoms with Crippen LogP contribution in [0.2, 0.25) is 0 Å². The Labute approximate surface area is 81.7 Å². The van der Waals surface area contributed by atoms with Crippen LogP contribution in [0.4, 0.5) is 8.78 Å². The number of benzene rings is 1. The lowest BCUT2D eigenvalue weighted by Gasteiger charge is -2.07. The average Bonchev–Trinajstić information content (AvgIpc) is 2.17. The van der Waals surface area contributed by atoms with E-state index in [0.29, 0.717) is 18.5 Å². The van der Waals surface area contributed by atoms with Crippen molar-refractivity contribution in [1.82, 2.24) is 0 Å². The zero-order valence-corrected chi connectivity index (χ0v) is 8.02. The number of ether oxygens (including phenoxy) is 1. The van der Waals surface area contributed by atoms with E-state index in [4.69, 9.17) is 10.5 Å². The summed E-state index contributed by atoms with van der Waals surface area (Å²) < 4.78 is 31.3. The lowest BCUT2D eigenvalue weighted by atomic mass is 10.1. The summed E-state index contributed by atoms with van der Waals surface area (Å²) in [6.45, 7) is 0.283. The first-order chi connectivity index (χ1) is 6.70. The van der Waals surface area contributed by atoms with Crippen LogP contribution in [0.25, 0.3) is 0 Å². The van der Waals surface area contributed by atoms with Crippen molar-refractivity contribution >= 4 is 0 Å². The standard InChI is InChI=1S/C10H13F2NO/c1-14-6-8-9(11)3-2-7(4-5-13)10(8)12/h2-3H,4-6,13H2,1H3. The molecule has 78 valence electrons. The predicted octanol–water partition coefficient (Wildman–Crippen LogP) is 1.61. The number of halogens is 2. The molecule has 0 aromatic heterocycles. The molecule has 2 nitrogen and oxygen atoms in total. The Morgan fingerprint density at radius 1 is 1.36 bits per heavy atom. The zero-order valence-electron chi connectivity index (χ0n) is 8.02. The van der Waals surface area contributed by atoms with E-state index in [1.807, 2.05) is 0 Å². The Kier molecular flexibility index (Phi) is 3.98. The van der Waals surface area contributed by atoms with Crippen LogP contribution >= 0.6 is 0 Å². The summed E-state index contributed by atoms with van der Waals surface area (Å²) >= 11 is 0. The summed E-state index contributed by atoms with van der Waals surface area (Å²) in [5.74, 6) is -1.12. The first-order valence-corrected chi connectivity index (χ1v) is 4.35. The SMILES string of the molecule is COCc1c(F)ccc(CCN)c1F. The molecule has 0 aliphatic heterocycles. The van der Waals surface area contributed by atoms with E-state index in [0.717, 1.165) is 0 Å². The van der Waals surface area contributed by atoms with Crippen molar-refractivity contribution in [3.63, 3.8) is 0 Å². The molecule has 0 saturated heterocycles. The highest BCUT2D eigenvalue weighted by Crippen LogP contribution is 2.17. The molecule has 0 heterocycles. The fourth-order valence-corrected chi connectivity index (χ4v) is 1.27. The molecule has 0 atom stereocenters. The molecule has 0 radical (unpaired) electrons. The topological polar surface area (TPSA) is 35.2 Å². The Hall–Kier alpha value is -1.00. The third kappa shape index (κ3) is 2.27. The van der Waals surface area contributed by atoms with Crippen molar-refractivity contribution in [3.05, 3.63) is 34.9 Å². The molecule has 0 saturated carbocycles. The third-order valence-corrected chi connectivity index (χ3v) is 1.97. The predicted molar refractivity (Wildman–Crippen MR) is 49.8 cm³/mol. The first-order valence-electron chi connectivity index (χ1n) is 4.35. The number of hydrogen-bond donors (Lipinski definition) is 1. The van der Waals surface area contributed by atoms with Gasteiger partial charge in [-0.1, -0.05) is 6.07 Å². The summed E-state index contributed by atoms with van der Waals surface area (Å²) in [5, 5.41) is 0. The smallest absolute Gasteiger partial charge is 0.134 e. The molecule has 0 aliphatic carbocycles. The van der Waals surface area contributed by atoms with Crippen molar-refractivity contribution in [2.45, 2.75) is 13.0 Å². The van der Waals surface area contributed by atoms with E-state index >= 15 is 0 Å². The fourth-order valence-electron chi connectivity index (χ4n) is 1.27. The summed E-state index contributed by atoms with van der Waals surface area (Å²) in [7, 11) is 1.40. The quantitative estimate of drug-likeness (QED) is 0.803. The minimum absolute atomic E-state index is 0.0292. The zero-order chi connectivity index (χ0) is 10.6. The van der Waals surface area contributed by atoms with E-state index in [-0.39, 0.29) is 12.2 Å². The molecule has 0 unspecified atom stereocenters. The minimum atomic E-state index is -0.579. The van der Waals surface area contributed by atoms with Gasteiger partial charge in [0.1, 0.15) is 11.6 Å². The maximum Gasteiger partial charge on any atom is 0.134 e. The number of methoxy groups -OCH3 is 1. The average molecular weight is 201 g/mol. The molecule has 4 heteroatoms. The van der Waals surface area contributed by atoms with Gasteiger partial charge in [-0.25, -0.2) is 8.78 Å².